The zero-order valence-electron chi connectivity index (χ0n) is 16.5. The fourth-order valence-electron chi connectivity index (χ4n) is 3.63. The molecule has 0 aliphatic carbocycles. The minimum absolute atomic E-state index is 0.745. The molecule has 0 spiro atoms. The van der Waals surface area contributed by atoms with Gasteiger partial charge in [-0.3, -0.25) is 4.98 Å². The van der Waals surface area contributed by atoms with E-state index >= 15 is 0 Å². The molecule has 6 nitrogen and oxygen atoms in total. The molecule has 0 atom stereocenters. The van der Waals surface area contributed by atoms with Gasteiger partial charge >= 0.3 is 0 Å². The Bertz CT molecular complexity index is 1130. The topological polar surface area (TPSA) is 58.0 Å². The van der Waals surface area contributed by atoms with Crippen LogP contribution >= 0.6 is 11.3 Å². The number of nitrogens with zero attached hydrogens (tertiary/aromatic N) is 6. The number of hydrogen-bond donors (Lipinski definition) is 0. The molecular formula is C22H22N6S. The van der Waals surface area contributed by atoms with Gasteiger partial charge in [0.05, 0.1) is 11.2 Å². The van der Waals surface area contributed by atoms with E-state index in [4.69, 9.17) is 15.0 Å². The number of pyridine rings is 1. The lowest BCUT2D eigenvalue weighted by Gasteiger charge is -2.35. The van der Waals surface area contributed by atoms with Crippen LogP contribution in [0.1, 0.15) is 10.6 Å². The third-order valence-corrected chi connectivity index (χ3v) is 6.52. The quantitative estimate of drug-likeness (QED) is 0.514. The number of aryl methyl sites for hydroxylation is 2. The number of para-hydroxylation sites is 1. The first-order chi connectivity index (χ1) is 14.2. The highest BCUT2D eigenvalue weighted by atomic mass is 32.1. The van der Waals surface area contributed by atoms with E-state index in [0.29, 0.717) is 0 Å². The number of rotatable bonds is 3. The fourth-order valence-corrected chi connectivity index (χ4v) is 4.59. The van der Waals surface area contributed by atoms with Gasteiger partial charge < -0.3 is 9.80 Å². The molecule has 146 valence electrons. The molecule has 0 radical (unpaired) electrons. The molecule has 1 aromatic carbocycles. The molecule has 0 N–H and O–H groups in total. The van der Waals surface area contributed by atoms with E-state index in [0.717, 1.165) is 65.1 Å². The van der Waals surface area contributed by atoms with Crippen LogP contribution in [0.4, 0.5) is 10.9 Å². The van der Waals surface area contributed by atoms with Crippen molar-refractivity contribution in [2.45, 2.75) is 13.8 Å². The Kier molecular flexibility index (Phi) is 4.60. The van der Waals surface area contributed by atoms with Gasteiger partial charge in [0.25, 0.3) is 0 Å². The lowest BCUT2D eigenvalue weighted by Crippen LogP contribution is -2.47. The lowest BCUT2D eigenvalue weighted by molar-refractivity contribution is 0.647. The molecule has 5 rings (SSSR count). The fraction of sp³-hybridized carbons (Fsp3) is 0.273. The molecule has 1 aliphatic heterocycles. The van der Waals surface area contributed by atoms with Gasteiger partial charge in [0, 0.05) is 54.4 Å². The van der Waals surface area contributed by atoms with E-state index < -0.39 is 0 Å². The molecule has 3 aromatic heterocycles. The minimum Gasteiger partial charge on any atom is -0.352 e. The second kappa shape index (κ2) is 7.40. The summed E-state index contributed by atoms with van der Waals surface area (Å²) < 4.78 is 0. The summed E-state index contributed by atoms with van der Waals surface area (Å²) >= 11 is 1.78. The summed E-state index contributed by atoms with van der Waals surface area (Å²) in [6, 6.07) is 12.2. The summed E-state index contributed by atoms with van der Waals surface area (Å²) in [7, 11) is 0. The van der Waals surface area contributed by atoms with Crippen LogP contribution in [-0.2, 0) is 0 Å². The van der Waals surface area contributed by atoms with Crippen molar-refractivity contribution in [1.82, 2.24) is 19.9 Å². The van der Waals surface area contributed by atoms with E-state index in [2.05, 4.69) is 46.8 Å². The van der Waals surface area contributed by atoms with Crippen molar-refractivity contribution in [3.8, 4) is 11.4 Å². The molecule has 0 unspecified atom stereocenters. The molecular weight excluding hydrogens is 380 g/mol. The Morgan fingerprint density at radius 1 is 0.828 bits per heavy atom. The Hall–Kier alpha value is -3.06. The number of hydrogen-bond acceptors (Lipinski definition) is 7. The van der Waals surface area contributed by atoms with E-state index in [1.165, 1.54) is 4.88 Å². The smallest absolute Gasteiger partial charge is 0.185 e. The van der Waals surface area contributed by atoms with Gasteiger partial charge in [0.15, 0.2) is 11.0 Å². The summed E-state index contributed by atoms with van der Waals surface area (Å²) in [6.07, 6.45) is 3.56. The van der Waals surface area contributed by atoms with Crippen molar-refractivity contribution < 1.29 is 0 Å². The third kappa shape index (κ3) is 3.42. The van der Waals surface area contributed by atoms with E-state index in [-0.39, 0.29) is 0 Å². The molecule has 1 saturated heterocycles. The molecule has 1 aliphatic rings. The van der Waals surface area contributed by atoms with E-state index in [1.54, 1.807) is 23.7 Å². The highest BCUT2D eigenvalue weighted by molar-refractivity contribution is 7.15. The Morgan fingerprint density at radius 2 is 1.55 bits per heavy atom. The second-order valence-corrected chi connectivity index (χ2v) is 8.42. The van der Waals surface area contributed by atoms with Crippen molar-refractivity contribution in [3.05, 3.63) is 59.4 Å². The highest BCUT2D eigenvalue weighted by Gasteiger charge is 2.23. The maximum Gasteiger partial charge on any atom is 0.185 e. The average molecular weight is 403 g/mol. The Balaban J connectivity index is 1.47. The largest absolute Gasteiger partial charge is 0.352 e. The summed E-state index contributed by atoms with van der Waals surface area (Å²) in [5, 5.41) is 2.23. The standard InChI is InChI=1S/C22H22N6S/c1-15-16(2)29-22(24-15)28-13-11-27(12-14-28)21-18-5-3-4-6-19(18)25-20(26-21)17-7-9-23-10-8-17/h3-10H,11-14H2,1-2H3. The number of thiazole rings is 1. The maximum absolute atomic E-state index is 4.97. The summed E-state index contributed by atoms with van der Waals surface area (Å²) in [4.78, 5) is 24.7. The van der Waals surface area contributed by atoms with Gasteiger partial charge in [-0.05, 0) is 38.1 Å². The molecule has 0 bridgehead atoms. The molecule has 0 amide bonds. The molecule has 1 fully saturated rings. The molecule has 0 saturated carbocycles. The summed E-state index contributed by atoms with van der Waals surface area (Å²) in [6.45, 7) is 7.92. The van der Waals surface area contributed by atoms with E-state index in [1.807, 2.05) is 18.2 Å². The van der Waals surface area contributed by atoms with Crippen molar-refractivity contribution in [2.24, 2.45) is 0 Å². The average Bonchev–Trinajstić information content (AvgIpc) is 3.12. The van der Waals surface area contributed by atoms with Crippen LogP contribution in [0.25, 0.3) is 22.3 Å². The normalized spacial score (nSPS) is 14.6. The lowest BCUT2D eigenvalue weighted by atomic mass is 10.2. The van der Waals surface area contributed by atoms with Crippen LogP contribution in [0.2, 0.25) is 0 Å². The van der Waals surface area contributed by atoms with Crippen molar-refractivity contribution in [2.75, 3.05) is 36.0 Å². The predicted molar refractivity (Wildman–Crippen MR) is 119 cm³/mol. The monoisotopic (exact) mass is 402 g/mol. The number of anilines is 2. The maximum atomic E-state index is 4.97. The number of aromatic nitrogens is 4. The van der Waals surface area contributed by atoms with Gasteiger partial charge in [0.2, 0.25) is 0 Å². The van der Waals surface area contributed by atoms with Crippen LogP contribution in [0.3, 0.4) is 0 Å². The first kappa shape index (κ1) is 18.0. The zero-order valence-corrected chi connectivity index (χ0v) is 17.4. The van der Waals surface area contributed by atoms with Crippen LogP contribution in [0.15, 0.2) is 48.8 Å². The van der Waals surface area contributed by atoms with Gasteiger partial charge in [-0.2, -0.15) is 0 Å². The highest BCUT2D eigenvalue weighted by Crippen LogP contribution is 2.30. The van der Waals surface area contributed by atoms with Crippen LogP contribution in [0.5, 0.6) is 0 Å². The summed E-state index contributed by atoms with van der Waals surface area (Å²) in [5.41, 5.74) is 3.09. The molecule has 29 heavy (non-hydrogen) atoms. The first-order valence-electron chi connectivity index (χ1n) is 9.80. The van der Waals surface area contributed by atoms with Crippen LogP contribution in [0, 0.1) is 13.8 Å². The Morgan fingerprint density at radius 3 is 2.28 bits per heavy atom. The van der Waals surface area contributed by atoms with Crippen LogP contribution < -0.4 is 9.80 Å². The van der Waals surface area contributed by atoms with E-state index in [9.17, 15) is 0 Å². The first-order valence-corrected chi connectivity index (χ1v) is 10.6. The van der Waals surface area contributed by atoms with Gasteiger partial charge in [-0.15, -0.1) is 11.3 Å². The molecule has 7 heteroatoms. The number of fused-ring (bicyclic) bond motifs is 1. The second-order valence-electron chi connectivity index (χ2n) is 7.24. The minimum atomic E-state index is 0.745. The van der Waals surface area contributed by atoms with Gasteiger partial charge in [0.1, 0.15) is 5.82 Å². The van der Waals surface area contributed by atoms with Crippen molar-refractivity contribution >= 4 is 33.2 Å². The SMILES string of the molecule is Cc1nc(N2CCN(c3nc(-c4ccncc4)nc4ccccc34)CC2)sc1C. The molecule has 4 heterocycles. The van der Waals surface area contributed by atoms with Crippen LogP contribution in [-0.4, -0.2) is 46.1 Å². The summed E-state index contributed by atoms with van der Waals surface area (Å²) in [5.74, 6) is 1.75. The molecule has 4 aromatic rings. The Labute approximate surface area is 173 Å². The van der Waals surface area contributed by atoms with Gasteiger partial charge in [-0.1, -0.05) is 12.1 Å². The van der Waals surface area contributed by atoms with Crippen molar-refractivity contribution in [1.29, 1.82) is 0 Å². The van der Waals surface area contributed by atoms with Crippen molar-refractivity contribution in [3.63, 3.8) is 0 Å². The third-order valence-electron chi connectivity index (χ3n) is 5.39. The zero-order chi connectivity index (χ0) is 19.8. The number of benzene rings is 1. The number of piperazine rings is 1. The van der Waals surface area contributed by atoms with Gasteiger partial charge in [-0.25, -0.2) is 15.0 Å². The predicted octanol–water partition coefficient (Wildman–Crippen LogP) is 4.09.